The van der Waals surface area contributed by atoms with Crippen molar-refractivity contribution < 1.29 is 14.6 Å². The maximum Gasteiger partial charge on any atom is 0.341 e. The van der Waals surface area contributed by atoms with E-state index in [-0.39, 0.29) is 5.88 Å². The van der Waals surface area contributed by atoms with Gasteiger partial charge in [0, 0.05) is 11.5 Å². The molecule has 1 N–H and O–H groups in total. The average molecular weight is 243 g/mol. The smallest absolute Gasteiger partial charge is 0.341 e. The van der Waals surface area contributed by atoms with Crippen molar-refractivity contribution in [3.63, 3.8) is 0 Å². The third-order valence-electron chi connectivity index (χ3n) is 2.33. The minimum absolute atomic E-state index is 0.268. The molecule has 1 aromatic heterocycles. The third-order valence-corrected chi connectivity index (χ3v) is 2.70. The molecule has 1 heterocycles. The Morgan fingerprint density at radius 1 is 1.56 bits per heavy atom. The Morgan fingerprint density at radius 2 is 2.25 bits per heavy atom. The Hall–Kier alpha value is -1.36. The molecule has 0 aliphatic heterocycles. The van der Waals surface area contributed by atoms with E-state index in [0.29, 0.717) is 22.5 Å². The molecule has 1 aromatic rings. The molecule has 2 rings (SSSR count). The molecule has 16 heavy (non-hydrogen) atoms. The SMILES string of the molecule is Cc1c(Cl)nc(C2CC2)nc1OCC(=O)O. The van der Waals surface area contributed by atoms with Gasteiger partial charge in [-0.1, -0.05) is 11.6 Å². The minimum atomic E-state index is -1.04. The maximum atomic E-state index is 10.4. The van der Waals surface area contributed by atoms with Gasteiger partial charge in [-0.05, 0) is 19.8 Å². The van der Waals surface area contributed by atoms with Crippen molar-refractivity contribution in [2.75, 3.05) is 6.61 Å². The number of carbonyl (C=O) groups is 1. The highest BCUT2D eigenvalue weighted by molar-refractivity contribution is 6.30. The fourth-order valence-electron chi connectivity index (χ4n) is 1.28. The molecular weight excluding hydrogens is 232 g/mol. The molecule has 0 atom stereocenters. The fourth-order valence-corrected chi connectivity index (χ4v) is 1.45. The van der Waals surface area contributed by atoms with Gasteiger partial charge in [-0.2, -0.15) is 4.98 Å². The Kier molecular flexibility index (Phi) is 2.96. The summed E-state index contributed by atoms with van der Waals surface area (Å²) in [6.45, 7) is 1.29. The molecule has 0 saturated heterocycles. The second kappa shape index (κ2) is 4.25. The van der Waals surface area contributed by atoms with Gasteiger partial charge in [0.15, 0.2) is 6.61 Å². The molecule has 0 bridgehead atoms. The molecule has 0 spiro atoms. The second-order valence-corrected chi connectivity index (χ2v) is 4.12. The van der Waals surface area contributed by atoms with E-state index in [1.165, 1.54) is 0 Å². The van der Waals surface area contributed by atoms with Gasteiger partial charge >= 0.3 is 5.97 Å². The van der Waals surface area contributed by atoms with Gasteiger partial charge in [-0.15, -0.1) is 0 Å². The number of nitrogens with zero attached hydrogens (tertiary/aromatic N) is 2. The van der Waals surface area contributed by atoms with Gasteiger partial charge in [-0.25, -0.2) is 9.78 Å². The van der Waals surface area contributed by atoms with Crippen LogP contribution in [0.15, 0.2) is 0 Å². The van der Waals surface area contributed by atoms with Gasteiger partial charge in [0.1, 0.15) is 11.0 Å². The van der Waals surface area contributed by atoms with Crippen molar-refractivity contribution in [1.82, 2.24) is 9.97 Å². The molecule has 1 aliphatic rings. The van der Waals surface area contributed by atoms with E-state index < -0.39 is 12.6 Å². The first-order chi connectivity index (χ1) is 7.58. The van der Waals surface area contributed by atoms with Crippen molar-refractivity contribution in [1.29, 1.82) is 0 Å². The van der Waals surface area contributed by atoms with Crippen LogP contribution in [0.25, 0.3) is 0 Å². The van der Waals surface area contributed by atoms with Crippen LogP contribution in [-0.2, 0) is 4.79 Å². The number of carboxylic acid groups (broad SMARTS) is 1. The first-order valence-corrected chi connectivity index (χ1v) is 5.34. The molecule has 0 aromatic carbocycles. The van der Waals surface area contributed by atoms with Gasteiger partial charge < -0.3 is 9.84 Å². The number of aliphatic carboxylic acids is 1. The fraction of sp³-hybridized carbons (Fsp3) is 0.500. The van der Waals surface area contributed by atoms with Gasteiger partial charge in [0.2, 0.25) is 5.88 Å². The molecule has 1 saturated carbocycles. The van der Waals surface area contributed by atoms with Crippen LogP contribution in [0.4, 0.5) is 0 Å². The van der Waals surface area contributed by atoms with E-state index in [1.54, 1.807) is 6.92 Å². The number of rotatable bonds is 4. The van der Waals surface area contributed by atoms with Crippen LogP contribution in [0.2, 0.25) is 5.15 Å². The lowest BCUT2D eigenvalue weighted by Crippen LogP contribution is -2.12. The van der Waals surface area contributed by atoms with Crippen molar-refractivity contribution in [3.8, 4) is 5.88 Å². The molecule has 5 nitrogen and oxygen atoms in total. The first kappa shape index (κ1) is 11.1. The topological polar surface area (TPSA) is 72.3 Å². The first-order valence-electron chi connectivity index (χ1n) is 4.96. The lowest BCUT2D eigenvalue weighted by Gasteiger charge is -2.08. The zero-order valence-corrected chi connectivity index (χ0v) is 9.49. The summed E-state index contributed by atoms with van der Waals surface area (Å²) in [5, 5.41) is 8.86. The quantitative estimate of drug-likeness (QED) is 0.815. The maximum absolute atomic E-state index is 10.4. The summed E-state index contributed by atoms with van der Waals surface area (Å²) in [6.07, 6.45) is 2.11. The molecule has 0 radical (unpaired) electrons. The highest BCUT2D eigenvalue weighted by Gasteiger charge is 2.28. The summed E-state index contributed by atoms with van der Waals surface area (Å²) < 4.78 is 5.06. The molecule has 1 fully saturated rings. The predicted octanol–water partition coefficient (Wildman–Crippen LogP) is 1.78. The lowest BCUT2D eigenvalue weighted by molar-refractivity contribution is -0.139. The number of aromatic nitrogens is 2. The zero-order valence-electron chi connectivity index (χ0n) is 8.73. The van der Waals surface area contributed by atoms with Crippen LogP contribution < -0.4 is 4.74 Å². The van der Waals surface area contributed by atoms with E-state index in [9.17, 15) is 4.79 Å². The van der Waals surface area contributed by atoms with Gasteiger partial charge in [0.25, 0.3) is 0 Å². The molecule has 0 amide bonds. The van der Waals surface area contributed by atoms with Crippen molar-refractivity contribution in [2.24, 2.45) is 0 Å². The number of ether oxygens (including phenoxy) is 1. The van der Waals surface area contributed by atoms with Crippen LogP contribution >= 0.6 is 11.6 Å². The average Bonchev–Trinajstić information content (AvgIpc) is 3.03. The summed E-state index contributed by atoms with van der Waals surface area (Å²) in [5.41, 5.74) is 0.576. The Labute approximate surface area is 97.4 Å². The van der Waals surface area contributed by atoms with Gasteiger partial charge in [0.05, 0.1) is 0 Å². The van der Waals surface area contributed by atoms with E-state index >= 15 is 0 Å². The molecule has 0 unspecified atom stereocenters. The van der Waals surface area contributed by atoms with Crippen molar-refractivity contribution >= 4 is 17.6 Å². The van der Waals surface area contributed by atoms with E-state index in [2.05, 4.69) is 9.97 Å². The summed E-state index contributed by atoms with van der Waals surface area (Å²) in [6, 6.07) is 0. The van der Waals surface area contributed by atoms with Crippen LogP contribution in [-0.4, -0.2) is 27.7 Å². The largest absolute Gasteiger partial charge is 0.479 e. The summed E-state index contributed by atoms with van der Waals surface area (Å²) >= 11 is 5.93. The Morgan fingerprint density at radius 3 is 2.81 bits per heavy atom. The number of halogens is 1. The summed E-state index contributed by atoms with van der Waals surface area (Å²) in [5.74, 6) is 0.229. The monoisotopic (exact) mass is 242 g/mol. The molecule has 6 heteroatoms. The van der Waals surface area contributed by atoms with E-state index in [1.807, 2.05) is 0 Å². The van der Waals surface area contributed by atoms with Crippen molar-refractivity contribution in [2.45, 2.75) is 25.7 Å². The third kappa shape index (κ3) is 2.41. The second-order valence-electron chi connectivity index (χ2n) is 3.76. The minimum Gasteiger partial charge on any atom is -0.479 e. The Bertz CT molecular complexity index is 432. The standard InChI is InChI=1S/C10H11ClN2O3/c1-5-8(11)12-9(6-2-3-6)13-10(5)16-4-7(14)15/h6H,2-4H2,1H3,(H,14,15). The number of hydrogen-bond acceptors (Lipinski definition) is 4. The van der Waals surface area contributed by atoms with Crippen LogP contribution in [0, 0.1) is 6.92 Å². The van der Waals surface area contributed by atoms with Crippen LogP contribution in [0.3, 0.4) is 0 Å². The number of hydrogen-bond donors (Lipinski definition) is 1. The van der Waals surface area contributed by atoms with E-state index in [0.717, 1.165) is 12.8 Å². The summed E-state index contributed by atoms with van der Waals surface area (Å²) in [4.78, 5) is 18.7. The lowest BCUT2D eigenvalue weighted by atomic mass is 10.3. The van der Waals surface area contributed by atoms with E-state index in [4.69, 9.17) is 21.4 Å². The van der Waals surface area contributed by atoms with Crippen molar-refractivity contribution in [3.05, 3.63) is 16.5 Å². The van der Waals surface area contributed by atoms with Gasteiger partial charge in [-0.3, -0.25) is 0 Å². The van der Waals surface area contributed by atoms with Crippen LogP contribution in [0.5, 0.6) is 5.88 Å². The molecular formula is C10H11ClN2O3. The summed E-state index contributed by atoms with van der Waals surface area (Å²) in [7, 11) is 0. The Balaban J connectivity index is 2.23. The van der Waals surface area contributed by atoms with Crippen LogP contribution in [0.1, 0.15) is 30.1 Å². The number of carboxylic acids is 1. The highest BCUT2D eigenvalue weighted by atomic mass is 35.5. The predicted molar refractivity (Wildman–Crippen MR) is 56.9 cm³/mol. The normalized spacial score (nSPS) is 14.9. The highest BCUT2D eigenvalue weighted by Crippen LogP contribution is 2.39. The zero-order chi connectivity index (χ0) is 11.7. The molecule has 86 valence electrons. The molecule has 1 aliphatic carbocycles.